The van der Waals surface area contributed by atoms with Crippen LogP contribution in [0.3, 0.4) is 0 Å². The van der Waals surface area contributed by atoms with E-state index in [0.717, 1.165) is 31.4 Å². The Morgan fingerprint density at radius 2 is 1.92 bits per heavy atom. The second-order valence-corrected chi connectivity index (χ2v) is 6.60. The number of aromatic nitrogens is 1. The van der Waals surface area contributed by atoms with Crippen LogP contribution in [0.25, 0.3) is 0 Å². The van der Waals surface area contributed by atoms with Crippen molar-refractivity contribution in [2.75, 3.05) is 5.32 Å². The lowest BCUT2D eigenvalue weighted by Crippen LogP contribution is -2.50. The van der Waals surface area contributed by atoms with Gasteiger partial charge in [0.1, 0.15) is 17.7 Å². The molecule has 25 heavy (non-hydrogen) atoms. The topological polar surface area (TPSA) is 54.5 Å². The maximum absolute atomic E-state index is 13.8. The van der Waals surface area contributed by atoms with Gasteiger partial charge in [-0.2, -0.15) is 0 Å². The zero-order valence-electron chi connectivity index (χ0n) is 13.8. The minimum absolute atomic E-state index is 0.0826. The predicted octanol–water partition coefficient (Wildman–Crippen LogP) is 3.83. The van der Waals surface area contributed by atoms with Crippen molar-refractivity contribution in [1.82, 2.24) is 9.88 Å². The number of halogens is 1. The monoisotopic (exact) mass is 341 g/mol. The fourth-order valence-electron chi connectivity index (χ4n) is 3.91. The highest BCUT2D eigenvalue weighted by Gasteiger charge is 2.44. The number of para-hydroxylation sites is 1. The highest BCUT2D eigenvalue weighted by molar-refractivity contribution is 5.90. The number of ether oxygens (including phenoxy) is 1. The Bertz CT molecular complexity index is 741. The Kier molecular flexibility index (Phi) is 4.26. The highest BCUT2D eigenvalue weighted by Crippen LogP contribution is 2.37. The van der Waals surface area contributed by atoms with Gasteiger partial charge in [0.25, 0.3) is 0 Å². The van der Waals surface area contributed by atoms with E-state index < -0.39 is 5.82 Å². The van der Waals surface area contributed by atoms with Crippen LogP contribution in [0.1, 0.15) is 25.7 Å². The van der Waals surface area contributed by atoms with E-state index in [-0.39, 0.29) is 29.9 Å². The average Bonchev–Trinajstić information content (AvgIpc) is 2.89. The molecular weight excluding hydrogens is 321 g/mol. The minimum atomic E-state index is -0.419. The van der Waals surface area contributed by atoms with Crippen LogP contribution in [0.15, 0.2) is 48.8 Å². The number of rotatable bonds is 3. The summed E-state index contributed by atoms with van der Waals surface area (Å²) < 4.78 is 19.8. The van der Waals surface area contributed by atoms with E-state index in [1.165, 1.54) is 6.07 Å². The van der Waals surface area contributed by atoms with Crippen LogP contribution in [0.2, 0.25) is 0 Å². The number of urea groups is 1. The number of piperidine rings is 1. The molecule has 2 amide bonds. The van der Waals surface area contributed by atoms with Crippen LogP contribution < -0.4 is 10.1 Å². The van der Waals surface area contributed by atoms with Gasteiger partial charge in [0.05, 0.1) is 11.9 Å². The van der Waals surface area contributed by atoms with E-state index in [9.17, 15) is 9.18 Å². The lowest BCUT2D eigenvalue weighted by molar-refractivity contribution is 0.0730. The van der Waals surface area contributed by atoms with Crippen molar-refractivity contribution in [2.24, 2.45) is 0 Å². The Morgan fingerprint density at radius 1 is 1.16 bits per heavy atom. The smallest absolute Gasteiger partial charge is 0.322 e. The van der Waals surface area contributed by atoms with Gasteiger partial charge in [0.15, 0.2) is 0 Å². The molecule has 2 aliphatic rings. The number of nitrogens with zero attached hydrogens (tertiary/aromatic N) is 2. The van der Waals surface area contributed by atoms with Crippen molar-refractivity contribution in [3.63, 3.8) is 0 Å². The predicted molar refractivity (Wildman–Crippen MR) is 92.0 cm³/mol. The SMILES string of the molecule is O=C(Nc1ccccc1F)N1C2CCC1CC(Oc1cccnc1)C2. The first-order chi connectivity index (χ1) is 12.2. The lowest BCUT2D eigenvalue weighted by Gasteiger charge is -2.38. The van der Waals surface area contributed by atoms with Crippen molar-refractivity contribution < 1.29 is 13.9 Å². The molecule has 5 nitrogen and oxygen atoms in total. The van der Waals surface area contributed by atoms with E-state index >= 15 is 0 Å². The van der Waals surface area contributed by atoms with E-state index in [2.05, 4.69) is 10.3 Å². The lowest BCUT2D eigenvalue weighted by atomic mass is 10.00. The van der Waals surface area contributed by atoms with Gasteiger partial charge >= 0.3 is 6.03 Å². The van der Waals surface area contributed by atoms with Gasteiger partial charge in [-0.1, -0.05) is 12.1 Å². The average molecular weight is 341 g/mol. The fraction of sp³-hybridized carbons (Fsp3) is 0.368. The maximum atomic E-state index is 13.8. The second-order valence-electron chi connectivity index (χ2n) is 6.60. The fourth-order valence-corrected chi connectivity index (χ4v) is 3.91. The molecule has 2 bridgehead atoms. The van der Waals surface area contributed by atoms with E-state index in [4.69, 9.17) is 4.74 Å². The molecule has 2 fully saturated rings. The zero-order chi connectivity index (χ0) is 17.2. The standard InChI is InChI=1S/C19H20FN3O2/c20-17-5-1-2-6-18(17)22-19(24)23-13-7-8-14(23)11-16(10-13)25-15-4-3-9-21-12-15/h1-6,9,12-14,16H,7-8,10-11H2,(H,22,24). The highest BCUT2D eigenvalue weighted by atomic mass is 19.1. The normalized spacial score (nSPS) is 24.8. The van der Waals surface area contributed by atoms with Crippen LogP contribution >= 0.6 is 0 Å². The van der Waals surface area contributed by atoms with Crippen LogP contribution in [0.5, 0.6) is 5.75 Å². The van der Waals surface area contributed by atoms with Gasteiger partial charge in [-0.15, -0.1) is 0 Å². The third-order valence-corrected chi connectivity index (χ3v) is 4.98. The van der Waals surface area contributed by atoms with Gasteiger partial charge < -0.3 is 15.0 Å². The molecule has 4 rings (SSSR count). The molecule has 0 spiro atoms. The molecule has 0 radical (unpaired) electrons. The van der Waals surface area contributed by atoms with Crippen molar-refractivity contribution in [3.05, 3.63) is 54.6 Å². The summed E-state index contributed by atoms with van der Waals surface area (Å²) in [6.45, 7) is 0. The van der Waals surface area contributed by atoms with Gasteiger partial charge in [0.2, 0.25) is 0 Å². The van der Waals surface area contributed by atoms with Crippen molar-refractivity contribution >= 4 is 11.7 Å². The Balaban J connectivity index is 1.42. The second kappa shape index (κ2) is 6.70. The van der Waals surface area contributed by atoms with Crippen LogP contribution in [0, 0.1) is 5.82 Å². The van der Waals surface area contributed by atoms with Gasteiger partial charge in [-0.25, -0.2) is 9.18 Å². The summed E-state index contributed by atoms with van der Waals surface area (Å²) in [4.78, 5) is 18.6. The first kappa shape index (κ1) is 15.9. The van der Waals surface area contributed by atoms with Crippen molar-refractivity contribution in [1.29, 1.82) is 0 Å². The van der Waals surface area contributed by atoms with Crippen molar-refractivity contribution in [3.8, 4) is 5.75 Å². The quantitative estimate of drug-likeness (QED) is 0.923. The van der Waals surface area contributed by atoms with Gasteiger partial charge in [-0.05, 0) is 37.1 Å². The molecule has 2 saturated heterocycles. The summed E-state index contributed by atoms with van der Waals surface area (Å²) >= 11 is 0. The molecule has 130 valence electrons. The Hall–Kier alpha value is -2.63. The first-order valence-corrected chi connectivity index (χ1v) is 8.61. The number of hydrogen-bond donors (Lipinski definition) is 1. The summed E-state index contributed by atoms with van der Waals surface area (Å²) in [7, 11) is 0. The maximum Gasteiger partial charge on any atom is 0.322 e. The third kappa shape index (κ3) is 3.29. The number of hydrogen-bond acceptors (Lipinski definition) is 3. The number of benzene rings is 1. The molecule has 2 aliphatic heterocycles. The van der Waals surface area contributed by atoms with Crippen molar-refractivity contribution in [2.45, 2.75) is 43.9 Å². The first-order valence-electron chi connectivity index (χ1n) is 8.61. The molecule has 2 atom stereocenters. The molecule has 1 aromatic carbocycles. The summed E-state index contributed by atoms with van der Waals surface area (Å²) in [5.41, 5.74) is 0.223. The van der Waals surface area contributed by atoms with Crippen LogP contribution in [0.4, 0.5) is 14.9 Å². The van der Waals surface area contributed by atoms with Crippen LogP contribution in [-0.2, 0) is 0 Å². The summed E-state index contributed by atoms with van der Waals surface area (Å²) in [6.07, 6.45) is 7.00. The number of pyridine rings is 1. The number of anilines is 1. The molecule has 0 aliphatic carbocycles. The largest absolute Gasteiger partial charge is 0.489 e. The minimum Gasteiger partial charge on any atom is -0.489 e. The van der Waals surface area contributed by atoms with E-state index in [0.29, 0.717) is 0 Å². The van der Waals surface area contributed by atoms with E-state index in [1.54, 1.807) is 30.6 Å². The molecule has 3 heterocycles. The molecule has 0 saturated carbocycles. The summed E-state index contributed by atoms with van der Waals surface area (Å²) in [6, 6.07) is 10.0. The van der Waals surface area contributed by atoms with Crippen LogP contribution in [-0.4, -0.2) is 34.1 Å². The number of carbonyl (C=O) groups excluding carboxylic acids is 1. The van der Waals surface area contributed by atoms with E-state index in [1.807, 2.05) is 17.0 Å². The number of fused-ring (bicyclic) bond motifs is 2. The molecule has 2 unspecified atom stereocenters. The number of carbonyl (C=O) groups is 1. The van der Waals surface area contributed by atoms with Gasteiger partial charge in [-0.3, -0.25) is 4.98 Å². The molecule has 1 aromatic heterocycles. The van der Waals surface area contributed by atoms with Gasteiger partial charge in [0, 0.05) is 31.1 Å². The Morgan fingerprint density at radius 3 is 2.60 bits per heavy atom. The summed E-state index contributed by atoms with van der Waals surface area (Å²) in [5.74, 6) is 0.342. The molecular formula is C19H20FN3O2. The Labute approximate surface area is 145 Å². The summed E-state index contributed by atoms with van der Waals surface area (Å²) in [5, 5.41) is 2.71. The number of nitrogens with one attached hydrogen (secondary N) is 1. The zero-order valence-corrected chi connectivity index (χ0v) is 13.8. The molecule has 2 aromatic rings. The molecule has 6 heteroatoms. The third-order valence-electron chi connectivity index (χ3n) is 4.98. The number of amides is 2. The molecule has 1 N–H and O–H groups in total.